The summed E-state index contributed by atoms with van der Waals surface area (Å²) in [5, 5.41) is 11.8. The molecule has 6 heteroatoms. The summed E-state index contributed by atoms with van der Waals surface area (Å²) >= 11 is 0. The first-order valence-corrected chi connectivity index (χ1v) is 6.16. The fourth-order valence-corrected chi connectivity index (χ4v) is 1.99. The summed E-state index contributed by atoms with van der Waals surface area (Å²) in [6.07, 6.45) is 2.15. The molecule has 1 saturated carbocycles. The van der Waals surface area contributed by atoms with E-state index in [1.807, 2.05) is 6.92 Å². The minimum Gasteiger partial charge on any atom is -0.481 e. The third-order valence-electron chi connectivity index (χ3n) is 3.62. The van der Waals surface area contributed by atoms with E-state index < -0.39 is 11.4 Å². The van der Waals surface area contributed by atoms with Crippen LogP contribution >= 0.6 is 0 Å². The monoisotopic (exact) mass is 258 g/mol. The molecule has 0 heterocycles. The van der Waals surface area contributed by atoms with Crippen molar-refractivity contribution in [3.63, 3.8) is 0 Å². The maximum absolute atomic E-state index is 11.8. The van der Waals surface area contributed by atoms with Gasteiger partial charge in [0.1, 0.15) is 0 Å². The van der Waals surface area contributed by atoms with Gasteiger partial charge in [-0.3, -0.25) is 4.79 Å². The van der Waals surface area contributed by atoms with E-state index in [1.165, 1.54) is 4.90 Å². The van der Waals surface area contributed by atoms with Crippen LogP contribution in [0.5, 0.6) is 0 Å². The Hall–Kier alpha value is -1.30. The zero-order chi connectivity index (χ0) is 13.8. The van der Waals surface area contributed by atoms with Crippen LogP contribution in [-0.4, -0.2) is 55.4 Å². The van der Waals surface area contributed by atoms with Crippen LogP contribution in [-0.2, 0) is 9.53 Å². The Balaban J connectivity index is 2.38. The molecule has 0 aromatic rings. The van der Waals surface area contributed by atoms with E-state index in [0.717, 1.165) is 6.42 Å². The van der Waals surface area contributed by atoms with Crippen molar-refractivity contribution in [2.24, 2.45) is 5.41 Å². The van der Waals surface area contributed by atoms with E-state index in [-0.39, 0.29) is 18.7 Å². The predicted molar refractivity (Wildman–Crippen MR) is 66.4 cm³/mol. The minimum atomic E-state index is -0.818. The third-order valence-corrected chi connectivity index (χ3v) is 3.62. The van der Waals surface area contributed by atoms with Gasteiger partial charge in [0.15, 0.2) is 0 Å². The Labute approximate surface area is 107 Å². The molecule has 18 heavy (non-hydrogen) atoms. The number of nitrogens with one attached hydrogen (secondary N) is 1. The van der Waals surface area contributed by atoms with Gasteiger partial charge in [-0.2, -0.15) is 0 Å². The molecule has 0 spiro atoms. The second-order valence-corrected chi connectivity index (χ2v) is 5.02. The Kier molecular flexibility index (Phi) is 4.95. The number of carboxylic acids is 1. The second kappa shape index (κ2) is 6.04. The maximum atomic E-state index is 11.8. The van der Waals surface area contributed by atoms with Gasteiger partial charge in [-0.25, -0.2) is 4.79 Å². The average molecular weight is 258 g/mol. The molecule has 1 rings (SSSR count). The molecule has 1 aliphatic rings. The number of methoxy groups -OCH3 is 1. The van der Waals surface area contributed by atoms with Crippen molar-refractivity contribution in [2.75, 3.05) is 27.2 Å². The van der Waals surface area contributed by atoms with Crippen molar-refractivity contribution in [1.82, 2.24) is 10.2 Å². The number of aliphatic carboxylic acids is 1. The lowest BCUT2D eigenvalue weighted by Crippen LogP contribution is -2.50. The van der Waals surface area contributed by atoms with Gasteiger partial charge in [0.05, 0.1) is 11.5 Å². The van der Waals surface area contributed by atoms with Gasteiger partial charge in [-0.15, -0.1) is 0 Å². The summed E-state index contributed by atoms with van der Waals surface area (Å²) < 4.78 is 5.07. The molecule has 2 amide bonds. The zero-order valence-electron chi connectivity index (χ0n) is 11.2. The highest BCUT2D eigenvalue weighted by molar-refractivity contribution is 5.78. The van der Waals surface area contributed by atoms with Crippen LogP contribution in [0.2, 0.25) is 0 Å². The number of carboxylic acid groups (broad SMARTS) is 1. The van der Waals surface area contributed by atoms with E-state index in [9.17, 15) is 9.59 Å². The number of amides is 2. The van der Waals surface area contributed by atoms with Crippen molar-refractivity contribution in [3.8, 4) is 0 Å². The normalized spacial score (nSPS) is 18.6. The number of likely N-dealkylation sites (N-methyl/N-ethyl adjacent to an activating group) is 1. The fraction of sp³-hybridized carbons (Fsp3) is 0.833. The standard InChI is InChI=1S/C12H22N2O4/c1-9(18-3)7-14(2)11(17)13-8-12(10(15)16)5-4-6-12/h9H,4-8H2,1-3H3,(H,13,17)(H,15,16). The highest BCUT2D eigenvalue weighted by atomic mass is 16.5. The van der Waals surface area contributed by atoms with Gasteiger partial charge in [0.2, 0.25) is 0 Å². The van der Waals surface area contributed by atoms with Gasteiger partial charge in [0.25, 0.3) is 0 Å². The number of nitrogens with zero attached hydrogens (tertiary/aromatic N) is 1. The van der Waals surface area contributed by atoms with Gasteiger partial charge in [0, 0.05) is 27.2 Å². The summed E-state index contributed by atoms with van der Waals surface area (Å²) in [7, 11) is 3.25. The van der Waals surface area contributed by atoms with E-state index in [2.05, 4.69) is 5.32 Å². The van der Waals surface area contributed by atoms with Gasteiger partial charge < -0.3 is 20.1 Å². The van der Waals surface area contributed by atoms with Crippen LogP contribution in [0.4, 0.5) is 4.79 Å². The molecule has 0 aromatic carbocycles. The number of rotatable bonds is 6. The Morgan fingerprint density at radius 3 is 2.50 bits per heavy atom. The summed E-state index contributed by atoms with van der Waals surface area (Å²) in [6, 6.07) is -0.258. The molecule has 104 valence electrons. The van der Waals surface area contributed by atoms with Crippen molar-refractivity contribution < 1.29 is 19.4 Å². The van der Waals surface area contributed by atoms with Crippen LogP contribution in [0.3, 0.4) is 0 Å². The number of ether oxygens (including phenoxy) is 1. The molecular formula is C12H22N2O4. The number of hydrogen-bond donors (Lipinski definition) is 2. The summed E-state index contributed by atoms with van der Waals surface area (Å²) in [4.78, 5) is 24.4. The van der Waals surface area contributed by atoms with Gasteiger partial charge in [-0.1, -0.05) is 6.42 Å². The average Bonchev–Trinajstić information content (AvgIpc) is 2.26. The van der Waals surface area contributed by atoms with Crippen LogP contribution < -0.4 is 5.32 Å². The van der Waals surface area contributed by atoms with E-state index in [1.54, 1.807) is 14.2 Å². The Morgan fingerprint density at radius 1 is 1.50 bits per heavy atom. The first kappa shape index (κ1) is 14.8. The topological polar surface area (TPSA) is 78.9 Å². The van der Waals surface area contributed by atoms with E-state index >= 15 is 0 Å². The zero-order valence-corrected chi connectivity index (χ0v) is 11.2. The van der Waals surface area contributed by atoms with Crippen LogP contribution in [0.25, 0.3) is 0 Å². The van der Waals surface area contributed by atoms with E-state index in [4.69, 9.17) is 9.84 Å². The molecule has 6 nitrogen and oxygen atoms in total. The fourth-order valence-electron chi connectivity index (χ4n) is 1.99. The molecular weight excluding hydrogens is 236 g/mol. The highest BCUT2D eigenvalue weighted by Gasteiger charge is 2.44. The largest absolute Gasteiger partial charge is 0.481 e. The van der Waals surface area contributed by atoms with Crippen LogP contribution in [0.1, 0.15) is 26.2 Å². The van der Waals surface area contributed by atoms with Crippen molar-refractivity contribution in [2.45, 2.75) is 32.3 Å². The van der Waals surface area contributed by atoms with Gasteiger partial charge in [-0.05, 0) is 19.8 Å². The van der Waals surface area contributed by atoms with Crippen molar-refractivity contribution in [1.29, 1.82) is 0 Å². The molecule has 0 saturated heterocycles. The molecule has 1 fully saturated rings. The molecule has 1 unspecified atom stereocenters. The van der Waals surface area contributed by atoms with Crippen LogP contribution in [0, 0.1) is 5.41 Å². The third kappa shape index (κ3) is 3.35. The SMILES string of the molecule is COC(C)CN(C)C(=O)NCC1(C(=O)O)CCC1. The lowest BCUT2D eigenvalue weighted by molar-refractivity contribution is -0.153. The van der Waals surface area contributed by atoms with E-state index in [0.29, 0.717) is 19.4 Å². The molecule has 0 bridgehead atoms. The number of hydrogen-bond acceptors (Lipinski definition) is 3. The molecule has 0 aromatic heterocycles. The predicted octanol–water partition coefficient (Wildman–Crippen LogP) is 0.918. The first-order chi connectivity index (χ1) is 8.41. The molecule has 0 radical (unpaired) electrons. The summed E-state index contributed by atoms with van der Waals surface area (Å²) in [5.74, 6) is -0.818. The maximum Gasteiger partial charge on any atom is 0.317 e. The lowest BCUT2D eigenvalue weighted by atomic mass is 9.69. The number of carbonyl (C=O) groups is 2. The van der Waals surface area contributed by atoms with Crippen molar-refractivity contribution in [3.05, 3.63) is 0 Å². The first-order valence-electron chi connectivity index (χ1n) is 6.16. The quantitative estimate of drug-likeness (QED) is 0.742. The molecule has 1 atom stereocenters. The number of carbonyl (C=O) groups excluding carboxylic acids is 1. The summed E-state index contributed by atoms with van der Waals surface area (Å²) in [6.45, 7) is 2.55. The molecule has 2 N–H and O–H groups in total. The number of urea groups is 1. The molecule has 1 aliphatic carbocycles. The molecule has 0 aliphatic heterocycles. The van der Waals surface area contributed by atoms with Crippen LogP contribution in [0.15, 0.2) is 0 Å². The summed E-state index contributed by atoms with van der Waals surface area (Å²) in [5.41, 5.74) is -0.747. The second-order valence-electron chi connectivity index (χ2n) is 5.02. The highest BCUT2D eigenvalue weighted by Crippen LogP contribution is 2.40. The Bertz CT molecular complexity index is 315. The lowest BCUT2D eigenvalue weighted by Gasteiger charge is -2.38. The Morgan fingerprint density at radius 2 is 2.11 bits per heavy atom. The smallest absolute Gasteiger partial charge is 0.317 e. The minimum absolute atomic E-state index is 0.0436. The van der Waals surface area contributed by atoms with Crippen molar-refractivity contribution >= 4 is 12.0 Å². The van der Waals surface area contributed by atoms with Gasteiger partial charge >= 0.3 is 12.0 Å².